The van der Waals surface area contributed by atoms with Gasteiger partial charge in [0.1, 0.15) is 0 Å². The van der Waals surface area contributed by atoms with Crippen LogP contribution in [0.4, 0.5) is 0 Å². The molecule has 0 nitrogen and oxygen atoms in total. The summed E-state index contributed by atoms with van der Waals surface area (Å²) < 4.78 is 0. The minimum atomic E-state index is 0. The van der Waals surface area contributed by atoms with Gasteiger partial charge >= 0.3 is 0 Å². The first-order chi connectivity index (χ1) is 5.93. The zero-order valence-corrected chi connectivity index (χ0v) is 11.8. The standard InChI is InChI=1S/C8H5.2C2H6.Y/c1-2-8-6-4-3-5-7-8;2*1-2;/h3-7H;2*1-2H3;/q-1;;;. The van der Waals surface area contributed by atoms with Crippen molar-refractivity contribution in [3.63, 3.8) is 0 Å². The molecule has 0 aliphatic carbocycles. The molecule has 0 amide bonds. The van der Waals surface area contributed by atoms with Crippen molar-refractivity contribution >= 4 is 0 Å². The third kappa shape index (κ3) is 11.9. The van der Waals surface area contributed by atoms with Crippen LogP contribution in [0.3, 0.4) is 0 Å². The number of benzene rings is 1. The zero-order chi connectivity index (χ0) is 9.82. The van der Waals surface area contributed by atoms with Gasteiger partial charge in [-0.25, -0.2) is 0 Å². The number of hydrogen-bond donors (Lipinski definition) is 0. The average molecular weight is 250 g/mol. The molecule has 13 heavy (non-hydrogen) atoms. The van der Waals surface area contributed by atoms with Crippen LogP contribution in [0.15, 0.2) is 30.3 Å². The predicted molar refractivity (Wildman–Crippen MR) is 55.4 cm³/mol. The van der Waals surface area contributed by atoms with Crippen LogP contribution in [-0.4, -0.2) is 0 Å². The average Bonchev–Trinajstić information content (AvgIpc) is 2.25. The van der Waals surface area contributed by atoms with Crippen molar-refractivity contribution in [3.05, 3.63) is 42.3 Å². The molecule has 1 rings (SSSR count). The molecular weight excluding hydrogens is 233 g/mol. The minimum Gasteiger partial charge on any atom is -0.366 e. The summed E-state index contributed by atoms with van der Waals surface area (Å²) >= 11 is 0. The minimum absolute atomic E-state index is 0. The van der Waals surface area contributed by atoms with Gasteiger partial charge in [0.25, 0.3) is 0 Å². The maximum Gasteiger partial charge on any atom is 0 e. The second kappa shape index (κ2) is 17.8. The Balaban J connectivity index is -0.000000178. The van der Waals surface area contributed by atoms with E-state index in [1.807, 2.05) is 58.0 Å². The molecule has 1 radical (unpaired) electrons. The summed E-state index contributed by atoms with van der Waals surface area (Å²) in [5.41, 5.74) is 0.826. The van der Waals surface area contributed by atoms with Gasteiger partial charge in [-0.2, -0.15) is 0 Å². The van der Waals surface area contributed by atoms with Gasteiger partial charge in [0, 0.05) is 32.7 Å². The van der Waals surface area contributed by atoms with Crippen LogP contribution < -0.4 is 0 Å². The Morgan fingerprint density at radius 1 is 0.923 bits per heavy atom. The van der Waals surface area contributed by atoms with Crippen molar-refractivity contribution < 1.29 is 32.7 Å². The van der Waals surface area contributed by atoms with E-state index in [9.17, 15) is 0 Å². The Morgan fingerprint density at radius 2 is 1.31 bits per heavy atom. The molecule has 0 unspecified atom stereocenters. The molecule has 0 bridgehead atoms. The molecule has 0 atom stereocenters. The summed E-state index contributed by atoms with van der Waals surface area (Å²) in [7, 11) is 0. The first kappa shape index (κ1) is 18.6. The zero-order valence-electron chi connectivity index (χ0n) is 8.96. The molecule has 1 aromatic rings. The largest absolute Gasteiger partial charge is 0.366 e. The fraction of sp³-hybridized carbons (Fsp3) is 0.333. The topological polar surface area (TPSA) is 0 Å². The maximum absolute atomic E-state index is 6.69. The summed E-state index contributed by atoms with van der Waals surface area (Å²) in [6.07, 6.45) is 6.69. The van der Waals surface area contributed by atoms with E-state index in [4.69, 9.17) is 6.42 Å². The molecule has 0 aromatic heterocycles. The van der Waals surface area contributed by atoms with Gasteiger partial charge in [-0.05, 0) is 0 Å². The van der Waals surface area contributed by atoms with E-state index in [2.05, 4.69) is 5.92 Å². The van der Waals surface area contributed by atoms with Crippen LogP contribution in [0.2, 0.25) is 0 Å². The molecule has 0 heterocycles. The SMILES string of the molecule is CC.CC.[C-]#Cc1ccccc1.[Y]. The van der Waals surface area contributed by atoms with E-state index < -0.39 is 0 Å². The first-order valence-electron chi connectivity index (χ1n) is 4.41. The molecular formula is C12H17Y-. The smallest absolute Gasteiger partial charge is 0 e. The van der Waals surface area contributed by atoms with E-state index >= 15 is 0 Å². The Hall–Kier alpha value is -0.116. The third-order valence-corrected chi connectivity index (χ3v) is 0.918. The van der Waals surface area contributed by atoms with Crippen LogP contribution in [0.5, 0.6) is 0 Å². The first-order valence-corrected chi connectivity index (χ1v) is 4.41. The maximum atomic E-state index is 6.69. The van der Waals surface area contributed by atoms with E-state index in [-0.39, 0.29) is 32.7 Å². The van der Waals surface area contributed by atoms with E-state index in [1.54, 1.807) is 0 Å². The fourth-order valence-electron chi connectivity index (χ4n) is 0.521. The Bertz CT molecular complexity index is 196. The van der Waals surface area contributed by atoms with Crippen molar-refractivity contribution in [2.75, 3.05) is 0 Å². The normalized spacial score (nSPS) is 5.77. The van der Waals surface area contributed by atoms with E-state index in [1.165, 1.54) is 0 Å². The summed E-state index contributed by atoms with van der Waals surface area (Å²) in [4.78, 5) is 0. The predicted octanol–water partition coefficient (Wildman–Crippen LogP) is 3.67. The van der Waals surface area contributed by atoms with Crippen molar-refractivity contribution in [2.24, 2.45) is 0 Å². The summed E-state index contributed by atoms with van der Waals surface area (Å²) in [5.74, 6) is 2.28. The van der Waals surface area contributed by atoms with Crippen molar-refractivity contribution in [2.45, 2.75) is 27.7 Å². The van der Waals surface area contributed by atoms with Gasteiger partial charge in [-0.3, -0.25) is 5.92 Å². The summed E-state index contributed by atoms with van der Waals surface area (Å²) in [5, 5.41) is 0. The number of rotatable bonds is 0. The van der Waals surface area contributed by atoms with Crippen LogP contribution >= 0.6 is 0 Å². The van der Waals surface area contributed by atoms with Gasteiger partial charge in [-0.1, -0.05) is 45.9 Å². The molecule has 0 saturated carbocycles. The van der Waals surface area contributed by atoms with E-state index in [0.717, 1.165) is 5.56 Å². The molecule has 0 N–H and O–H groups in total. The third-order valence-electron chi connectivity index (χ3n) is 0.918. The summed E-state index contributed by atoms with van der Waals surface area (Å²) in [6, 6.07) is 9.37. The fourth-order valence-corrected chi connectivity index (χ4v) is 0.521. The van der Waals surface area contributed by atoms with Crippen LogP contribution in [0.25, 0.3) is 0 Å². The second-order valence-corrected chi connectivity index (χ2v) is 1.49. The van der Waals surface area contributed by atoms with Crippen LogP contribution in [0, 0.1) is 12.3 Å². The molecule has 0 spiro atoms. The molecule has 0 aliphatic rings. The molecule has 0 aliphatic heterocycles. The van der Waals surface area contributed by atoms with Crippen molar-refractivity contribution in [1.29, 1.82) is 0 Å². The molecule has 1 aromatic carbocycles. The van der Waals surface area contributed by atoms with Gasteiger partial charge < -0.3 is 6.42 Å². The summed E-state index contributed by atoms with van der Waals surface area (Å²) in [6.45, 7) is 8.00. The van der Waals surface area contributed by atoms with Crippen molar-refractivity contribution in [1.82, 2.24) is 0 Å². The Morgan fingerprint density at radius 3 is 1.54 bits per heavy atom. The molecule has 0 saturated heterocycles. The van der Waals surface area contributed by atoms with E-state index in [0.29, 0.717) is 0 Å². The number of hydrogen-bond acceptors (Lipinski definition) is 0. The molecule has 0 fully saturated rings. The van der Waals surface area contributed by atoms with Gasteiger partial charge in [0.2, 0.25) is 0 Å². The monoisotopic (exact) mass is 250 g/mol. The van der Waals surface area contributed by atoms with Crippen molar-refractivity contribution in [3.8, 4) is 5.92 Å². The van der Waals surface area contributed by atoms with Crippen LogP contribution in [0.1, 0.15) is 33.3 Å². The second-order valence-electron chi connectivity index (χ2n) is 1.49. The Kier molecular flexibility index (Phi) is 25.6. The van der Waals surface area contributed by atoms with Gasteiger partial charge in [-0.15, -0.1) is 17.7 Å². The van der Waals surface area contributed by atoms with Gasteiger partial charge in [0.05, 0.1) is 0 Å². The quantitative estimate of drug-likeness (QED) is 0.486. The molecule has 69 valence electrons. The van der Waals surface area contributed by atoms with Crippen LogP contribution in [-0.2, 0) is 32.7 Å². The Labute approximate surface area is 108 Å². The van der Waals surface area contributed by atoms with Gasteiger partial charge in [0.15, 0.2) is 0 Å². The molecule has 1 heteroatoms.